The zero-order valence-corrected chi connectivity index (χ0v) is 22.6. The number of amides is 2. The van der Waals surface area contributed by atoms with Crippen LogP contribution in [-0.4, -0.2) is 33.2 Å². The van der Waals surface area contributed by atoms with Gasteiger partial charge in [-0.3, -0.25) is 19.3 Å². The van der Waals surface area contributed by atoms with Gasteiger partial charge in [0.2, 0.25) is 5.91 Å². The van der Waals surface area contributed by atoms with Gasteiger partial charge in [-0.15, -0.1) is 0 Å². The summed E-state index contributed by atoms with van der Waals surface area (Å²) >= 11 is 0. The van der Waals surface area contributed by atoms with Crippen LogP contribution in [0.2, 0.25) is 0 Å². The van der Waals surface area contributed by atoms with Gasteiger partial charge in [0, 0.05) is 36.2 Å². The quantitative estimate of drug-likeness (QED) is 0.231. The Bertz CT molecular complexity index is 1620. The summed E-state index contributed by atoms with van der Waals surface area (Å²) in [5.41, 5.74) is 4.34. The van der Waals surface area contributed by atoms with Crippen molar-refractivity contribution in [3.05, 3.63) is 106 Å². The van der Waals surface area contributed by atoms with Crippen LogP contribution in [0, 0.1) is 17.5 Å². The summed E-state index contributed by atoms with van der Waals surface area (Å²) in [5, 5.41) is 6.17. The molecule has 14 heteroatoms. The first-order chi connectivity index (χ1) is 20.3. The Morgan fingerprint density at radius 1 is 1.07 bits per heavy atom. The molecule has 2 aromatic heterocycles. The molecule has 0 spiro atoms. The lowest BCUT2D eigenvalue weighted by atomic mass is 9.94. The van der Waals surface area contributed by atoms with E-state index in [9.17, 15) is 35.9 Å². The van der Waals surface area contributed by atoms with Gasteiger partial charge in [0.25, 0.3) is 5.91 Å². The molecule has 8 nitrogen and oxygen atoms in total. The summed E-state index contributed by atoms with van der Waals surface area (Å²) in [4.78, 5) is 29.3. The topological polar surface area (TPSA) is 112 Å². The number of aromatic nitrogens is 3. The molecule has 0 aliphatic carbocycles. The number of primary amides is 1. The predicted octanol–water partition coefficient (Wildman–Crippen LogP) is 5.12. The van der Waals surface area contributed by atoms with Crippen molar-refractivity contribution >= 4 is 11.8 Å². The number of nitrogens with one attached hydrogen (secondary N) is 1. The highest BCUT2D eigenvalue weighted by Gasteiger charge is 2.37. The lowest BCUT2D eigenvalue weighted by Crippen LogP contribution is -2.34. The minimum atomic E-state index is -4.79. The minimum Gasteiger partial charge on any atom is -0.377 e. The van der Waals surface area contributed by atoms with E-state index in [0.29, 0.717) is 17.2 Å². The normalized spacial score (nSPS) is 12.3. The first-order valence-corrected chi connectivity index (χ1v) is 12.9. The molecule has 3 N–H and O–H groups in total. The third-order valence-corrected chi connectivity index (χ3v) is 6.28. The van der Waals surface area contributed by atoms with Gasteiger partial charge in [-0.2, -0.15) is 18.3 Å². The molecule has 0 fully saturated rings. The van der Waals surface area contributed by atoms with E-state index in [0.717, 1.165) is 29.1 Å². The third-order valence-electron chi connectivity index (χ3n) is 6.28. The fourth-order valence-electron chi connectivity index (χ4n) is 4.49. The average Bonchev–Trinajstić information content (AvgIpc) is 3.34. The maximum absolute atomic E-state index is 14.2. The fraction of sp³-hybridized carbons (Fsp3) is 0.241. The zero-order chi connectivity index (χ0) is 31.3. The summed E-state index contributed by atoms with van der Waals surface area (Å²) in [6.45, 7) is 0.756. The lowest BCUT2D eigenvalue weighted by Gasteiger charge is -2.22. The first kappa shape index (κ1) is 31.2. The van der Waals surface area contributed by atoms with Crippen LogP contribution >= 0.6 is 0 Å². The van der Waals surface area contributed by atoms with Crippen LogP contribution < -0.4 is 11.1 Å². The van der Waals surface area contributed by atoms with Gasteiger partial charge in [-0.1, -0.05) is 12.1 Å². The number of nitrogens with two attached hydrogens (primary N) is 1. The molecule has 0 aliphatic heterocycles. The molecule has 0 unspecified atom stereocenters. The Labute approximate surface area is 241 Å². The molecule has 0 saturated heterocycles. The largest absolute Gasteiger partial charge is 0.435 e. The number of ether oxygens (including phenoxy) is 1. The summed E-state index contributed by atoms with van der Waals surface area (Å²) in [6.07, 6.45) is -2.56. The van der Waals surface area contributed by atoms with Crippen LogP contribution in [0.4, 0.5) is 26.3 Å². The molecule has 2 aromatic carbocycles. The number of carbonyl (C=O) groups is 2. The Morgan fingerprint density at radius 2 is 1.79 bits per heavy atom. The van der Waals surface area contributed by atoms with Gasteiger partial charge < -0.3 is 15.8 Å². The van der Waals surface area contributed by atoms with Gasteiger partial charge in [-0.05, 0) is 54.8 Å². The predicted molar refractivity (Wildman–Crippen MR) is 142 cm³/mol. The summed E-state index contributed by atoms with van der Waals surface area (Å²) in [5.74, 6) is -4.42. The second kappa shape index (κ2) is 13.1. The molecule has 0 saturated carbocycles. The van der Waals surface area contributed by atoms with Crippen molar-refractivity contribution in [1.29, 1.82) is 0 Å². The van der Waals surface area contributed by atoms with E-state index in [1.807, 2.05) is 0 Å². The van der Waals surface area contributed by atoms with Crippen LogP contribution in [0.25, 0.3) is 11.1 Å². The molecule has 0 radical (unpaired) electrons. The van der Waals surface area contributed by atoms with Crippen molar-refractivity contribution in [3.8, 4) is 11.1 Å². The molecule has 2 heterocycles. The van der Waals surface area contributed by atoms with Gasteiger partial charge in [-0.25, -0.2) is 13.2 Å². The van der Waals surface area contributed by atoms with Gasteiger partial charge in [0.15, 0.2) is 5.69 Å². The maximum atomic E-state index is 14.2. The first-order valence-electron chi connectivity index (χ1n) is 12.9. The van der Waals surface area contributed by atoms with Crippen molar-refractivity contribution in [1.82, 2.24) is 20.1 Å². The van der Waals surface area contributed by atoms with Crippen LogP contribution in [0.3, 0.4) is 0 Å². The highest BCUT2D eigenvalue weighted by Crippen LogP contribution is 2.32. The molecule has 2 amide bonds. The molecule has 43 heavy (non-hydrogen) atoms. The molecule has 0 bridgehead atoms. The number of pyridine rings is 1. The number of hydrogen-bond donors (Lipinski definition) is 2. The van der Waals surface area contributed by atoms with E-state index in [2.05, 4.69) is 15.4 Å². The second-order valence-corrected chi connectivity index (χ2v) is 9.43. The van der Waals surface area contributed by atoms with Gasteiger partial charge in [0.1, 0.15) is 24.0 Å². The molecular formula is C29H25F6N5O3. The maximum Gasteiger partial charge on any atom is 0.435 e. The van der Waals surface area contributed by atoms with E-state index >= 15 is 0 Å². The van der Waals surface area contributed by atoms with Crippen molar-refractivity contribution in [2.45, 2.75) is 38.7 Å². The molecule has 4 aromatic rings. The van der Waals surface area contributed by atoms with Crippen molar-refractivity contribution in [3.63, 3.8) is 0 Å². The fourth-order valence-corrected chi connectivity index (χ4v) is 4.49. The number of hydrogen-bond acceptors (Lipinski definition) is 5. The van der Waals surface area contributed by atoms with Crippen LogP contribution in [-0.2, 0) is 35.3 Å². The molecular weight excluding hydrogens is 580 g/mol. The van der Waals surface area contributed by atoms with E-state index < -0.39 is 59.3 Å². The van der Waals surface area contributed by atoms with E-state index in [1.54, 1.807) is 13.0 Å². The monoisotopic (exact) mass is 605 g/mol. The Kier molecular flexibility index (Phi) is 9.49. The van der Waals surface area contributed by atoms with Gasteiger partial charge in [0.05, 0.1) is 23.9 Å². The highest BCUT2D eigenvalue weighted by atomic mass is 19.4. The molecule has 1 atom stereocenters. The van der Waals surface area contributed by atoms with Crippen molar-refractivity contribution in [2.24, 2.45) is 5.73 Å². The zero-order valence-electron chi connectivity index (χ0n) is 22.6. The second-order valence-electron chi connectivity index (χ2n) is 9.43. The number of rotatable bonds is 11. The van der Waals surface area contributed by atoms with Crippen LogP contribution in [0.5, 0.6) is 0 Å². The number of alkyl halides is 3. The Balaban J connectivity index is 1.71. The lowest BCUT2D eigenvalue weighted by molar-refractivity contribution is -0.143. The van der Waals surface area contributed by atoms with Crippen molar-refractivity contribution < 1.29 is 40.7 Å². The number of nitrogens with zero attached hydrogens (tertiary/aromatic N) is 3. The van der Waals surface area contributed by atoms with E-state index in [1.165, 1.54) is 24.4 Å². The summed E-state index contributed by atoms with van der Waals surface area (Å²) in [6, 6.07) is 8.36. The Morgan fingerprint density at radius 3 is 2.44 bits per heavy atom. The summed E-state index contributed by atoms with van der Waals surface area (Å²) in [7, 11) is 0. The smallest absolute Gasteiger partial charge is 0.377 e. The SMILES string of the molecule is CCOCc1cn(CC(=O)N[C@@H](Cc2cc(F)cc(F)c2)c2ncccc2-c2ccc(F)c(C(N)=O)c2)nc1C(F)(F)F. The number of benzene rings is 2. The molecule has 0 aliphatic rings. The van der Waals surface area contributed by atoms with E-state index in [-0.39, 0.29) is 36.5 Å². The summed E-state index contributed by atoms with van der Waals surface area (Å²) < 4.78 is 88.7. The number of halogens is 6. The molecule has 226 valence electrons. The highest BCUT2D eigenvalue weighted by molar-refractivity contribution is 5.94. The van der Waals surface area contributed by atoms with Crippen molar-refractivity contribution in [2.75, 3.05) is 6.61 Å². The third kappa shape index (κ3) is 7.77. The Hall–Kier alpha value is -4.72. The van der Waals surface area contributed by atoms with Crippen LogP contribution in [0.1, 0.15) is 45.8 Å². The minimum absolute atomic E-state index is 0.133. The number of carbonyl (C=O) groups excluding carboxylic acids is 2. The average molecular weight is 606 g/mol. The van der Waals surface area contributed by atoms with Crippen LogP contribution in [0.15, 0.2) is 60.9 Å². The molecule has 4 rings (SSSR count). The van der Waals surface area contributed by atoms with Gasteiger partial charge >= 0.3 is 6.18 Å². The standard InChI is InChI=1S/C29H25F6N5O3/c1-2-43-15-18-13-40(39-27(18)29(33,34)35)14-25(41)38-24(10-16-8-19(30)12-20(31)9-16)26-21(4-3-7-37-26)17-5-6-23(32)22(11-17)28(36)42/h3-9,11-13,24H,2,10,14-15H2,1H3,(H2,36,42)(H,38,41)/t24-/m0/s1. The van der Waals surface area contributed by atoms with E-state index in [4.69, 9.17) is 10.5 Å².